The highest BCUT2D eigenvalue weighted by Gasteiger charge is 2.39. The molecule has 0 bridgehead atoms. The van der Waals surface area contributed by atoms with Crippen LogP contribution in [0.2, 0.25) is 5.02 Å². The van der Waals surface area contributed by atoms with Gasteiger partial charge in [0.05, 0.1) is 5.02 Å². The average Bonchev–Trinajstić information content (AvgIpc) is 2.30. The lowest BCUT2D eigenvalue weighted by Crippen LogP contribution is -2.57. The number of carbonyl (C=O) groups excluding carboxylic acids is 1. The van der Waals surface area contributed by atoms with Gasteiger partial charge in [-0.1, -0.05) is 11.6 Å². The van der Waals surface area contributed by atoms with Gasteiger partial charge in [-0.15, -0.1) is 0 Å². The van der Waals surface area contributed by atoms with E-state index in [4.69, 9.17) is 11.6 Å². The molecule has 0 saturated heterocycles. The van der Waals surface area contributed by atoms with E-state index in [-0.39, 0.29) is 22.2 Å². The average molecular weight is 283 g/mol. The van der Waals surface area contributed by atoms with Gasteiger partial charge in [-0.05, 0) is 51.6 Å². The Kier molecular flexibility index (Phi) is 4.02. The number of rotatable bonds is 4. The summed E-state index contributed by atoms with van der Waals surface area (Å²) in [6.45, 7) is 0.636. The molecular weight excluding hydrogens is 264 g/mol. The van der Waals surface area contributed by atoms with Gasteiger partial charge in [0.2, 0.25) is 0 Å². The highest BCUT2D eigenvalue weighted by molar-refractivity contribution is 6.32. The van der Waals surface area contributed by atoms with Crippen molar-refractivity contribution in [1.82, 2.24) is 10.2 Å². The van der Waals surface area contributed by atoms with Crippen molar-refractivity contribution in [3.63, 3.8) is 0 Å². The molecule has 1 aromatic rings. The van der Waals surface area contributed by atoms with Gasteiger partial charge in [-0.25, -0.2) is 0 Å². The summed E-state index contributed by atoms with van der Waals surface area (Å²) in [7, 11) is 4.09. The molecular formula is C14H19ClN2O2. The number of phenols is 1. The third-order valence-electron chi connectivity index (χ3n) is 4.02. The largest absolute Gasteiger partial charge is 0.506 e. The molecule has 0 aliphatic heterocycles. The molecule has 4 nitrogen and oxygen atoms in total. The summed E-state index contributed by atoms with van der Waals surface area (Å²) in [6.07, 6.45) is 3.42. The van der Waals surface area contributed by atoms with Crippen LogP contribution in [0, 0.1) is 0 Å². The Balaban J connectivity index is 1.99. The summed E-state index contributed by atoms with van der Waals surface area (Å²) in [4.78, 5) is 14.2. The zero-order valence-corrected chi connectivity index (χ0v) is 12.0. The van der Waals surface area contributed by atoms with Crippen molar-refractivity contribution >= 4 is 17.5 Å². The molecule has 1 aliphatic carbocycles. The molecule has 0 heterocycles. The third kappa shape index (κ3) is 2.85. The summed E-state index contributed by atoms with van der Waals surface area (Å²) in [5, 5.41) is 12.5. The highest BCUT2D eigenvalue weighted by Crippen LogP contribution is 2.35. The van der Waals surface area contributed by atoms with Crippen LogP contribution in [0.4, 0.5) is 0 Å². The van der Waals surface area contributed by atoms with Gasteiger partial charge in [-0.2, -0.15) is 0 Å². The number of phenolic OH excluding ortho intramolecular Hbond substituents is 1. The lowest BCUT2D eigenvalue weighted by atomic mass is 9.75. The SMILES string of the molecule is CN(C)C1(CNC(=O)c2ccc(O)c(Cl)c2)CCC1. The summed E-state index contributed by atoms with van der Waals surface area (Å²) in [6, 6.07) is 4.48. The van der Waals surface area contributed by atoms with Crippen molar-refractivity contribution in [3.05, 3.63) is 28.8 Å². The van der Waals surface area contributed by atoms with Crippen LogP contribution in [-0.2, 0) is 0 Å². The fourth-order valence-corrected chi connectivity index (χ4v) is 2.54. The maximum Gasteiger partial charge on any atom is 0.251 e. The first-order valence-corrected chi connectivity index (χ1v) is 6.76. The Hall–Kier alpha value is -1.26. The molecule has 1 aromatic carbocycles. The van der Waals surface area contributed by atoms with Crippen molar-refractivity contribution in [2.24, 2.45) is 0 Å². The van der Waals surface area contributed by atoms with Crippen molar-refractivity contribution in [3.8, 4) is 5.75 Å². The monoisotopic (exact) mass is 282 g/mol. The molecule has 0 radical (unpaired) electrons. The summed E-state index contributed by atoms with van der Waals surface area (Å²) >= 11 is 5.80. The van der Waals surface area contributed by atoms with Crippen LogP contribution in [0.3, 0.4) is 0 Å². The number of benzene rings is 1. The maximum atomic E-state index is 12.0. The van der Waals surface area contributed by atoms with Gasteiger partial charge in [0.1, 0.15) is 5.75 Å². The van der Waals surface area contributed by atoms with Crippen LogP contribution in [0.5, 0.6) is 5.75 Å². The summed E-state index contributed by atoms with van der Waals surface area (Å²) in [5.74, 6) is -0.169. The number of aromatic hydroxyl groups is 1. The Labute approximate surface area is 118 Å². The van der Waals surface area contributed by atoms with E-state index in [1.54, 1.807) is 6.07 Å². The molecule has 0 atom stereocenters. The van der Waals surface area contributed by atoms with Crippen LogP contribution in [-0.4, -0.2) is 42.1 Å². The van der Waals surface area contributed by atoms with E-state index in [1.807, 2.05) is 14.1 Å². The Morgan fingerprint density at radius 3 is 2.63 bits per heavy atom. The van der Waals surface area contributed by atoms with E-state index in [0.717, 1.165) is 12.8 Å². The molecule has 1 saturated carbocycles. The first-order chi connectivity index (χ1) is 8.94. The second-order valence-electron chi connectivity index (χ2n) is 5.32. The van der Waals surface area contributed by atoms with Crippen LogP contribution in [0.25, 0.3) is 0 Å². The minimum atomic E-state index is -0.157. The molecule has 19 heavy (non-hydrogen) atoms. The zero-order valence-electron chi connectivity index (χ0n) is 11.2. The normalized spacial score (nSPS) is 17.1. The zero-order chi connectivity index (χ0) is 14.0. The second kappa shape index (κ2) is 5.39. The number of nitrogens with zero attached hydrogens (tertiary/aromatic N) is 1. The van der Waals surface area contributed by atoms with Crippen molar-refractivity contribution in [2.45, 2.75) is 24.8 Å². The molecule has 0 spiro atoms. The van der Waals surface area contributed by atoms with Crippen LogP contribution >= 0.6 is 11.6 Å². The van der Waals surface area contributed by atoms with Gasteiger partial charge in [-0.3, -0.25) is 4.79 Å². The van der Waals surface area contributed by atoms with Crippen molar-refractivity contribution in [1.29, 1.82) is 0 Å². The number of amides is 1. The lowest BCUT2D eigenvalue weighted by Gasteiger charge is -2.47. The predicted molar refractivity (Wildman–Crippen MR) is 75.7 cm³/mol. The molecule has 5 heteroatoms. The number of halogens is 1. The second-order valence-corrected chi connectivity index (χ2v) is 5.73. The van der Waals surface area contributed by atoms with Crippen LogP contribution in [0.1, 0.15) is 29.6 Å². The first kappa shape index (κ1) is 14.2. The van der Waals surface area contributed by atoms with Gasteiger partial charge < -0.3 is 15.3 Å². The number of likely N-dealkylation sites (N-methyl/N-ethyl adjacent to an activating group) is 1. The van der Waals surface area contributed by atoms with Crippen molar-refractivity contribution in [2.75, 3.05) is 20.6 Å². The third-order valence-corrected chi connectivity index (χ3v) is 4.32. The predicted octanol–water partition coefficient (Wildman–Crippen LogP) is 2.26. The van der Waals surface area contributed by atoms with E-state index in [2.05, 4.69) is 10.2 Å². The molecule has 104 valence electrons. The topological polar surface area (TPSA) is 52.6 Å². The molecule has 2 rings (SSSR count). The maximum absolute atomic E-state index is 12.0. The number of hydrogen-bond donors (Lipinski definition) is 2. The van der Waals surface area contributed by atoms with Gasteiger partial charge >= 0.3 is 0 Å². The molecule has 0 unspecified atom stereocenters. The number of hydrogen-bond acceptors (Lipinski definition) is 3. The quantitative estimate of drug-likeness (QED) is 0.891. The van der Waals surface area contributed by atoms with Gasteiger partial charge in [0, 0.05) is 17.6 Å². The summed E-state index contributed by atoms with van der Waals surface area (Å²) in [5.41, 5.74) is 0.562. The molecule has 1 amide bonds. The first-order valence-electron chi connectivity index (χ1n) is 6.39. The molecule has 2 N–H and O–H groups in total. The standard InChI is InChI=1S/C14H19ClN2O2/c1-17(2)14(6-3-7-14)9-16-13(19)10-4-5-12(18)11(15)8-10/h4-5,8,18H,3,6-7,9H2,1-2H3,(H,16,19). The summed E-state index contributed by atoms with van der Waals surface area (Å²) < 4.78 is 0. The van der Waals surface area contributed by atoms with Crippen LogP contribution < -0.4 is 5.32 Å². The van der Waals surface area contributed by atoms with Gasteiger partial charge in [0.25, 0.3) is 5.91 Å². The van der Waals surface area contributed by atoms with E-state index in [1.165, 1.54) is 18.6 Å². The van der Waals surface area contributed by atoms with E-state index >= 15 is 0 Å². The number of carbonyl (C=O) groups is 1. The Morgan fingerprint density at radius 1 is 1.47 bits per heavy atom. The van der Waals surface area contributed by atoms with Crippen molar-refractivity contribution < 1.29 is 9.90 Å². The Bertz CT molecular complexity index is 484. The van der Waals surface area contributed by atoms with E-state index < -0.39 is 0 Å². The fraction of sp³-hybridized carbons (Fsp3) is 0.500. The minimum Gasteiger partial charge on any atom is -0.506 e. The number of nitrogens with one attached hydrogen (secondary N) is 1. The fourth-order valence-electron chi connectivity index (χ4n) is 2.36. The van der Waals surface area contributed by atoms with E-state index in [0.29, 0.717) is 12.1 Å². The molecule has 1 fully saturated rings. The van der Waals surface area contributed by atoms with Gasteiger partial charge in [0.15, 0.2) is 0 Å². The van der Waals surface area contributed by atoms with E-state index in [9.17, 15) is 9.90 Å². The minimum absolute atomic E-state index is 0.0121. The molecule has 0 aromatic heterocycles. The highest BCUT2D eigenvalue weighted by atomic mass is 35.5. The molecule has 1 aliphatic rings. The Morgan fingerprint density at radius 2 is 2.16 bits per heavy atom. The smallest absolute Gasteiger partial charge is 0.251 e. The van der Waals surface area contributed by atoms with Crippen LogP contribution in [0.15, 0.2) is 18.2 Å². The lowest BCUT2D eigenvalue weighted by molar-refractivity contribution is 0.0557.